The second kappa shape index (κ2) is 7.22. The van der Waals surface area contributed by atoms with E-state index in [9.17, 15) is 14.0 Å². The number of carbonyl (C=O) groups excluding carboxylic acids is 2. The Morgan fingerprint density at radius 2 is 1.86 bits per heavy atom. The van der Waals surface area contributed by atoms with Gasteiger partial charge in [0.1, 0.15) is 12.2 Å². The van der Waals surface area contributed by atoms with Gasteiger partial charge in [-0.15, -0.1) is 0 Å². The quantitative estimate of drug-likeness (QED) is 0.637. The van der Waals surface area contributed by atoms with Crippen LogP contribution in [0, 0.1) is 11.8 Å². The number of likely N-dealkylation sites (tertiary alicyclic amines) is 1. The van der Waals surface area contributed by atoms with Crippen molar-refractivity contribution in [3.8, 4) is 0 Å². The van der Waals surface area contributed by atoms with E-state index in [1.54, 1.807) is 0 Å². The van der Waals surface area contributed by atoms with Gasteiger partial charge >= 0.3 is 0 Å². The third-order valence-corrected chi connectivity index (χ3v) is 7.71. The van der Waals surface area contributed by atoms with Crippen molar-refractivity contribution in [3.05, 3.63) is 0 Å². The van der Waals surface area contributed by atoms with E-state index in [0.29, 0.717) is 37.9 Å². The van der Waals surface area contributed by atoms with E-state index in [0.717, 1.165) is 32.1 Å². The molecule has 156 valence electrons. The summed E-state index contributed by atoms with van der Waals surface area (Å²) in [5, 5.41) is 3.42. The van der Waals surface area contributed by atoms with Crippen LogP contribution < -0.4 is 16.2 Å². The van der Waals surface area contributed by atoms with Crippen LogP contribution in [0.4, 0.5) is 4.39 Å². The molecule has 7 unspecified atom stereocenters. The van der Waals surface area contributed by atoms with Crippen molar-refractivity contribution in [1.29, 1.82) is 0 Å². The minimum atomic E-state index is -0.732. The zero-order valence-electron chi connectivity index (χ0n) is 16.6. The van der Waals surface area contributed by atoms with E-state index < -0.39 is 6.17 Å². The van der Waals surface area contributed by atoms with Crippen molar-refractivity contribution < 1.29 is 14.0 Å². The van der Waals surface area contributed by atoms with Crippen LogP contribution in [-0.2, 0) is 9.59 Å². The molecule has 2 amide bonds. The van der Waals surface area contributed by atoms with E-state index in [4.69, 9.17) is 0 Å². The first-order valence-electron chi connectivity index (χ1n) is 11.0. The lowest BCUT2D eigenvalue weighted by Gasteiger charge is -2.37. The average Bonchev–Trinajstić information content (AvgIpc) is 3.33. The summed E-state index contributed by atoms with van der Waals surface area (Å²) in [6.07, 6.45) is 5.18. The molecule has 0 radical (unpaired) electrons. The number of piperidine rings is 1. The number of halogens is 1. The Labute approximate surface area is 165 Å². The molecule has 5 rings (SSSR count). The number of hydrogen-bond acceptors (Lipinski definition) is 5. The maximum absolute atomic E-state index is 13.7. The highest BCUT2D eigenvalue weighted by atomic mass is 19.1. The minimum absolute atomic E-state index is 0.102. The second-order valence-electron chi connectivity index (χ2n) is 9.52. The highest BCUT2D eigenvalue weighted by molar-refractivity contribution is 5.84. The molecule has 8 heteroatoms. The summed E-state index contributed by atoms with van der Waals surface area (Å²) in [6, 6.07) is 0.309. The molecule has 0 aromatic heterocycles. The zero-order chi connectivity index (χ0) is 19.4. The summed E-state index contributed by atoms with van der Waals surface area (Å²) in [7, 11) is 1.89. The summed E-state index contributed by atoms with van der Waals surface area (Å²) in [5.41, 5.74) is 6.49. The Kier molecular flexibility index (Phi) is 4.83. The monoisotopic (exact) mass is 393 g/mol. The number of alkyl halides is 1. The number of carbonyl (C=O) groups is 2. The summed E-state index contributed by atoms with van der Waals surface area (Å²) in [5.74, 6) is 0.799. The third-order valence-electron chi connectivity index (χ3n) is 7.71. The van der Waals surface area contributed by atoms with Crippen molar-refractivity contribution in [3.63, 3.8) is 0 Å². The van der Waals surface area contributed by atoms with Crippen LogP contribution in [0.25, 0.3) is 0 Å². The molecule has 2 saturated carbocycles. The van der Waals surface area contributed by atoms with Gasteiger partial charge in [-0.3, -0.25) is 15.0 Å². The molecule has 3 heterocycles. The number of rotatable bonds is 3. The van der Waals surface area contributed by atoms with Gasteiger partial charge in [-0.1, -0.05) is 0 Å². The Balaban J connectivity index is 1.22. The van der Waals surface area contributed by atoms with Gasteiger partial charge in [-0.25, -0.2) is 9.82 Å². The molecule has 0 aromatic carbocycles. The normalized spacial score (nSPS) is 42.8. The average molecular weight is 394 g/mol. The Morgan fingerprint density at radius 1 is 1.04 bits per heavy atom. The molecular formula is C20H32FN5O2. The number of likely N-dealkylation sites (N-methyl/N-ethyl adjacent to an activating group) is 1. The van der Waals surface area contributed by atoms with Crippen LogP contribution in [0.15, 0.2) is 0 Å². The van der Waals surface area contributed by atoms with E-state index >= 15 is 0 Å². The van der Waals surface area contributed by atoms with E-state index in [2.05, 4.69) is 16.2 Å². The predicted octanol–water partition coefficient (Wildman–Crippen LogP) is 0.169. The summed E-state index contributed by atoms with van der Waals surface area (Å²) >= 11 is 0. The maximum Gasteiger partial charge on any atom is 0.241 e. The molecule has 5 aliphatic rings. The molecule has 3 aliphatic heterocycles. The molecule has 0 aromatic rings. The van der Waals surface area contributed by atoms with Crippen LogP contribution in [0.5, 0.6) is 0 Å². The second-order valence-corrected chi connectivity index (χ2v) is 9.52. The van der Waals surface area contributed by atoms with Gasteiger partial charge in [-0.05, 0) is 50.9 Å². The number of hydrogen-bond donors (Lipinski definition) is 3. The molecule has 3 saturated heterocycles. The number of hydrazine groups is 1. The van der Waals surface area contributed by atoms with Crippen LogP contribution >= 0.6 is 0 Å². The molecule has 7 nitrogen and oxygen atoms in total. The van der Waals surface area contributed by atoms with Gasteiger partial charge in [0, 0.05) is 44.2 Å². The first-order chi connectivity index (χ1) is 13.5. The fourth-order valence-corrected chi connectivity index (χ4v) is 5.80. The molecule has 0 bridgehead atoms. The lowest BCUT2D eigenvalue weighted by atomic mass is 9.84. The Morgan fingerprint density at radius 3 is 2.64 bits per heavy atom. The summed E-state index contributed by atoms with van der Waals surface area (Å²) in [6.45, 7) is 1.32. The zero-order valence-corrected chi connectivity index (χ0v) is 16.6. The molecular weight excluding hydrogens is 361 g/mol. The Bertz CT molecular complexity index is 644. The van der Waals surface area contributed by atoms with Gasteiger partial charge < -0.3 is 15.1 Å². The first-order valence-corrected chi connectivity index (χ1v) is 11.0. The fraction of sp³-hybridized carbons (Fsp3) is 0.900. The predicted molar refractivity (Wildman–Crippen MR) is 102 cm³/mol. The van der Waals surface area contributed by atoms with Crippen LogP contribution in [-0.4, -0.2) is 78.1 Å². The number of nitrogens with zero attached hydrogens (tertiary/aromatic N) is 2. The van der Waals surface area contributed by atoms with Gasteiger partial charge in [0.25, 0.3) is 0 Å². The van der Waals surface area contributed by atoms with Gasteiger partial charge in [-0.2, -0.15) is 0 Å². The summed E-state index contributed by atoms with van der Waals surface area (Å²) in [4.78, 5) is 29.9. The van der Waals surface area contributed by atoms with E-state index in [-0.39, 0.29) is 41.9 Å². The highest BCUT2D eigenvalue weighted by Crippen LogP contribution is 2.36. The van der Waals surface area contributed by atoms with Crippen molar-refractivity contribution in [1.82, 2.24) is 26.0 Å². The lowest BCUT2D eigenvalue weighted by Crippen LogP contribution is -2.55. The largest absolute Gasteiger partial charge is 0.341 e. The van der Waals surface area contributed by atoms with Crippen molar-refractivity contribution >= 4 is 11.8 Å². The van der Waals surface area contributed by atoms with Gasteiger partial charge in [0.05, 0.1) is 6.04 Å². The highest BCUT2D eigenvalue weighted by Gasteiger charge is 2.48. The van der Waals surface area contributed by atoms with Crippen molar-refractivity contribution in [2.24, 2.45) is 11.8 Å². The van der Waals surface area contributed by atoms with Crippen molar-refractivity contribution in [2.45, 2.75) is 81.3 Å². The van der Waals surface area contributed by atoms with Crippen LogP contribution in [0.3, 0.4) is 0 Å². The Hall–Kier alpha value is -1.25. The molecule has 0 spiro atoms. The molecule has 7 atom stereocenters. The van der Waals surface area contributed by atoms with Gasteiger partial charge in [0.15, 0.2) is 0 Å². The summed E-state index contributed by atoms with van der Waals surface area (Å²) < 4.78 is 13.7. The molecule has 3 N–H and O–H groups in total. The van der Waals surface area contributed by atoms with Gasteiger partial charge in [0.2, 0.25) is 11.8 Å². The first kappa shape index (κ1) is 18.8. The number of nitrogens with one attached hydrogen (secondary N) is 3. The third kappa shape index (κ3) is 3.33. The van der Waals surface area contributed by atoms with E-state index in [1.807, 2.05) is 16.8 Å². The van der Waals surface area contributed by atoms with Crippen LogP contribution in [0.1, 0.15) is 44.9 Å². The standard InChI is InChI=1S/C20H32FN5O2/c1-25(13-4-5-13)20(28)18-14-10-26(7-6-15(14)23-24-18)19(27)17-8-11-2-3-12(21)9-16(11)22-17/h11-18,22-24H,2-10H2,1H3. The number of fused-ring (bicyclic) bond motifs is 2. The topological polar surface area (TPSA) is 76.7 Å². The molecule has 5 fully saturated rings. The maximum atomic E-state index is 13.7. The smallest absolute Gasteiger partial charge is 0.241 e. The number of amides is 2. The lowest BCUT2D eigenvalue weighted by molar-refractivity contribution is -0.138. The minimum Gasteiger partial charge on any atom is -0.341 e. The molecule has 28 heavy (non-hydrogen) atoms. The van der Waals surface area contributed by atoms with Crippen molar-refractivity contribution in [2.75, 3.05) is 20.1 Å². The fourth-order valence-electron chi connectivity index (χ4n) is 5.80. The van der Waals surface area contributed by atoms with Crippen LogP contribution in [0.2, 0.25) is 0 Å². The molecule has 2 aliphatic carbocycles. The van der Waals surface area contributed by atoms with E-state index in [1.165, 1.54) is 0 Å². The SMILES string of the molecule is CN(C(=O)C1NNC2CCN(C(=O)C3CC4CCC(F)CC4N3)CC21)C1CC1.